The van der Waals surface area contributed by atoms with Crippen molar-refractivity contribution in [3.8, 4) is 0 Å². The van der Waals surface area contributed by atoms with Gasteiger partial charge in [0.25, 0.3) is 0 Å². The van der Waals surface area contributed by atoms with Crippen LogP contribution in [-0.2, 0) is 12.8 Å². The van der Waals surface area contributed by atoms with Crippen molar-refractivity contribution in [1.82, 2.24) is 0 Å². The summed E-state index contributed by atoms with van der Waals surface area (Å²) >= 11 is 0. The molecule has 0 amide bonds. The minimum atomic E-state index is 0.274. The molecule has 0 aliphatic rings. The van der Waals surface area contributed by atoms with Crippen molar-refractivity contribution in [2.24, 2.45) is 11.7 Å². The van der Waals surface area contributed by atoms with Crippen molar-refractivity contribution in [2.75, 3.05) is 0 Å². The van der Waals surface area contributed by atoms with E-state index in [4.69, 9.17) is 5.73 Å². The molecule has 2 aromatic rings. The molecule has 0 aliphatic carbocycles. The summed E-state index contributed by atoms with van der Waals surface area (Å²) in [5.74, 6) is 0.694. The average molecular weight is 267 g/mol. The van der Waals surface area contributed by atoms with Crippen molar-refractivity contribution >= 4 is 0 Å². The van der Waals surface area contributed by atoms with E-state index in [2.05, 4.69) is 67.6 Å². The van der Waals surface area contributed by atoms with Gasteiger partial charge in [0.1, 0.15) is 0 Å². The van der Waals surface area contributed by atoms with Gasteiger partial charge < -0.3 is 5.73 Å². The van der Waals surface area contributed by atoms with E-state index in [0.29, 0.717) is 5.92 Å². The van der Waals surface area contributed by atoms with Crippen LogP contribution in [0.2, 0.25) is 0 Å². The van der Waals surface area contributed by atoms with Crippen LogP contribution in [0.4, 0.5) is 0 Å². The molecule has 0 heterocycles. The highest BCUT2D eigenvalue weighted by molar-refractivity contribution is 5.16. The fraction of sp³-hybridized carbons (Fsp3) is 0.368. The SMILES string of the molecule is C[C@H](CC[C@@H](N)Cc1ccccc1)Cc1ccccc1. The summed E-state index contributed by atoms with van der Waals surface area (Å²) in [5.41, 5.74) is 9.02. The maximum Gasteiger partial charge on any atom is 0.00794 e. The Morgan fingerprint density at radius 3 is 1.80 bits per heavy atom. The first kappa shape index (κ1) is 14.8. The average Bonchev–Trinajstić information content (AvgIpc) is 2.47. The predicted molar refractivity (Wildman–Crippen MR) is 86.7 cm³/mol. The number of hydrogen-bond acceptors (Lipinski definition) is 1. The van der Waals surface area contributed by atoms with Crippen LogP contribution in [0, 0.1) is 5.92 Å². The van der Waals surface area contributed by atoms with E-state index >= 15 is 0 Å². The molecule has 2 atom stereocenters. The van der Waals surface area contributed by atoms with E-state index in [9.17, 15) is 0 Å². The van der Waals surface area contributed by atoms with E-state index in [0.717, 1.165) is 19.3 Å². The molecule has 20 heavy (non-hydrogen) atoms. The molecule has 0 fully saturated rings. The van der Waals surface area contributed by atoms with Gasteiger partial charge in [-0.3, -0.25) is 0 Å². The second-order valence-electron chi connectivity index (χ2n) is 5.82. The third kappa shape index (κ3) is 5.18. The Bertz CT molecular complexity index is 430. The molecule has 0 unspecified atom stereocenters. The van der Waals surface area contributed by atoms with Gasteiger partial charge in [0.2, 0.25) is 0 Å². The molecular formula is C19H25N. The fourth-order valence-electron chi connectivity index (χ4n) is 2.64. The minimum Gasteiger partial charge on any atom is -0.327 e. The zero-order valence-electron chi connectivity index (χ0n) is 12.3. The highest BCUT2D eigenvalue weighted by Crippen LogP contribution is 2.15. The molecule has 2 rings (SSSR count). The normalized spacial score (nSPS) is 13.9. The summed E-state index contributed by atoms with van der Waals surface area (Å²) in [6.07, 6.45) is 4.43. The summed E-state index contributed by atoms with van der Waals surface area (Å²) in [5, 5.41) is 0. The molecule has 0 saturated carbocycles. The second-order valence-corrected chi connectivity index (χ2v) is 5.82. The molecule has 0 radical (unpaired) electrons. The van der Waals surface area contributed by atoms with Gasteiger partial charge in [-0.15, -0.1) is 0 Å². The lowest BCUT2D eigenvalue weighted by molar-refractivity contribution is 0.464. The maximum absolute atomic E-state index is 6.25. The molecule has 2 N–H and O–H groups in total. The smallest absolute Gasteiger partial charge is 0.00794 e. The molecule has 0 saturated heterocycles. The van der Waals surface area contributed by atoms with E-state index in [1.54, 1.807) is 0 Å². The summed E-state index contributed by atoms with van der Waals surface area (Å²) in [4.78, 5) is 0. The predicted octanol–water partition coefficient (Wildman–Crippen LogP) is 4.22. The Labute approximate surface area is 122 Å². The topological polar surface area (TPSA) is 26.0 Å². The summed E-state index contributed by atoms with van der Waals surface area (Å²) in [6.45, 7) is 2.32. The van der Waals surface area contributed by atoms with Crippen LogP contribution >= 0.6 is 0 Å². The Kier molecular flexibility index (Phi) is 5.82. The lowest BCUT2D eigenvalue weighted by Crippen LogP contribution is -2.23. The van der Waals surface area contributed by atoms with Gasteiger partial charge in [-0.1, -0.05) is 67.6 Å². The third-order valence-corrected chi connectivity index (χ3v) is 3.80. The van der Waals surface area contributed by atoms with E-state index in [1.807, 2.05) is 0 Å². The second kappa shape index (κ2) is 7.86. The van der Waals surface area contributed by atoms with Crippen LogP contribution in [0.15, 0.2) is 60.7 Å². The molecule has 0 aromatic heterocycles. The van der Waals surface area contributed by atoms with E-state index < -0.39 is 0 Å². The molecular weight excluding hydrogens is 242 g/mol. The Morgan fingerprint density at radius 1 is 0.750 bits per heavy atom. The molecule has 106 valence electrons. The van der Waals surface area contributed by atoms with Crippen molar-refractivity contribution in [2.45, 2.75) is 38.6 Å². The zero-order chi connectivity index (χ0) is 14.2. The summed E-state index contributed by atoms with van der Waals surface area (Å²) < 4.78 is 0. The van der Waals surface area contributed by atoms with Gasteiger partial charge >= 0.3 is 0 Å². The zero-order valence-corrected chi connectivity index (χ0v) is 12.3. The number of nitrogens with two attached hydrogens (primary N) is 1. The monoisotopic (exact) mass is 267 g/mol. The molecule has 1 heteroatoms. The largest absolute Gasteiger partial charge is 0.327 e. The maximum atomic E-state index is 6.25. The van der Waals surface area contributed by atoms with Crippen LogP contribution in [-0.4, -0.2) is 6.04 Å². The van der Waals surface area contributed by atoms with Crippen LogP contribution in [0.3, 0.4) is 0 Å². The van der Waals surface area contributed by atoms with Gasteiger partial charge in [0.05, 0.1) is 0 Å². The van der Waals surface area contributed by atoms with Crippen molar-refractivity contribution in [3.05, 3.63) is 71.8 Å². The Morgan fingerprint density at radius 2 is 1.25 bits per heavy atom. The first-order valence-corrected chi connectivity index (χ1v) is 7.57. The Balaban J connectivity index is 1.71. The van der Waals surface area contributed by atoms with Crippen molar-refractivity contribution in [3.63, 3.8) is 0 Å². The van der Waals surface area contributed by atoms with E-state index in [-0.39, 0.29) is 6.04 Å². The first-order valence-electron chi connectivity index (χ1n) is 7.57. The van der Waals surface area contributed by atoms with E-state index in [1.165, 1.54) is 17.5 Å². The number of rotatable bonds is 7. The fourth-order valence-corrected chi connectivity index (χ4v) is 2.64. The van der Waals surface area contributed by atoms with Gasteiger partial charge in [-0.2, -0.15) is 0 Å². The lowest BCUT2D eigenvalue weighted by atomic mass is 9.93. The van der Waals surface area contributed by atoms with Gasteiger partial charge in [0.15, 0.2) is 0 Å². The van der Waals surface area contributed by atoms with Crippen molar-refractivity contribution in [1.29, 1.82) is 0 Å². The van der Waals surface area contributed by atoms with Crippen LogP contribution < -0.4 is 5.73 Å². The Hall–Kier alpha value is -1.60. The molecule has 0 spiro atoms. The van der Waals surface area contributed by atoms with Crippen LogP contribution in [0.25, 0.3) is 0 Å². The lowest BCUT2D eigenvalue weighted by Gasteiger charge is -2.16. The van der Waals surface area contributed by atoms with Crippen LogP contribution in [0.5, 0.6) is 0 Å². The third-order valence-electron chi connectivity index (χ3n) is 3.80. The number of benzene rings is 2. The molecule has 0 bridgehead atoms. The highest BCUT2D eigenvalue weighted by atomic mass is 14.6. The minimum absolute atomic E-state index is 0.274. The quantitative estimate of drug-likeness (QED) is 0.798. The summed E-state index contributed by atoms with van der Waals surface area (Å²) in [6, 6.07) is 21.5. The first-order chi connectivity index (χ1) is 9.74. The summed E-state index contributed by atoms with van der Waals surface area (Å²) in [7, 11) is 0. The number of hydrogen-bond donors (Lipinski definition) is 1. The standard InChI is InChI=1S/C19H25N/c1-16(14-17-8-4-2-5-9-17)12-13-19(20)15-18-10-6-3-7-11-18/h2-11,16,19H,12-15,20H2,1H3/t16-,19-/m1/s1. The molecule has 1 nitrogen and oxygen atoms in total. The van der Waals surface area contributed by atoms with Gasteiger partial charge in [0, 0.05) is 6.04 Å². The molecule has 0 aliphatic heterocycles. The van der Waals surface area contributed by atoms with Gasteiger partial charge in [-0.25, -0.2) is 0 Å². The molecule has 2 aromatic carbocycles. The van der Waals surface area contributed by atoms with Gasteiger partial charge in [-0.05, 0) is 42.7 Å². The van der Waals surface area contributed by atoms with Crippen LogP contribution in [0.1, 0.15) is 30.9 Å². The highest BCUT2D eigenvalue weighted by Gasteiger charge is 2.08. The van der Waals surface area contributed by atoms with Crippen molar-refractivity contribution < 1.29 is 0 Å².